The average molecular weight is 399 g/mol. The lowest BCUT2D eigenvalue weighted by atomic mass is 9.91. The van der Waals surface area contributed by atoms with E-state index in [1.165, 1.54) is 26.2 Å². The van der Waals surface area contributed by atoms with Crippen molar-refractivity contribution in [3.8, 4) is 0 Å². The number of amides is 2. The summed E-state index contributed by atoms with van der Waals surface area (Å²) in [6, 6.07) is 7.88. The van der Waals surface area contributed by atoms with Gasteiger partial charge >= 0.3 is 0 Å². The minimum atomic E-state index is -0.00516. The highest BCUT2D eigenvalue weighted by Crippen LogP contribution is 2.25. The van der Waals surface area contributed by atoms with Gasteiger partial charge in [-0.25, -0.2) is 0 Å². The second-order valence-corrected chi connectivity index (χ2v) is 8.36. The molecule has 2 heterocycles. The molecule has 4 rings (SSSR count). The van der Waals surface area contributed by atoms with Crippen molar-refractivity contribution in [2.45, 2.75) is 32.2 Å². The predicted octanol–water partition coefficient (Wildman–Crippen LogP) is 1.23. The molecule has 2 amide bonds. The van der Waals surface area contributed by atoms with Crippen LogP contribution in [0.25, 0.3) is 0 Å². The third kappa shape index (κ3) is 4.51. The van der Waals surface area contributed by atoms with Crippen molar-refractivity contribution in [1.82, 2.24) is 14.7 Å². The van der Waals surface area contributed by atoms with Crippen LogP contribution in [0.3, 0.4) is 0 Å². The van der Waals surface area contributed by atoms with E-state index in [1.807, 2.05) is 21.9 Å². The van der Waals surface area contributed by atoms with Gasteiger partial charge in [0.15, 0.2) is 5.78 Å². The van der Waals surface area contributed by atoms with Crippen molar-refractivity contribution < 1.29 is 14.4 Å². The van der Waals surface area contributed by atoms with E-state index in [4.69, 9.17) is 0 Å². The first-order valence-electron chi connectivity index (χ1n) is 10.7. The molecule has 3 aliphatic rings. The van der Waals surface area contributed by atoms with E-state index in [9.17, 15) is 14.4 Å². The molecule has 2 aliphatic heterocycles. The van der Waals surface area contributed by atoms with Gasteiger partial charge in [0.2, 0.25) is 11.8 Å². The van der Waals surface area contributed by atoms with Crippen molar-refractivity contribution in [2.75, 3.05) is 57.3 Å². The molecule has 1 aliphatic carbocycles. The van der Waals surface area contributed by atoms with Gasteiger partial charge in [-0.1, -0.05) is 6.42 Å². The lowest BCUT2D eigenvalue weighted by molar-refractivity contribution is -0.135. The molecule has 29 heavy (non-hydrogen) atoms. The van der Waals surface area contributed by atoms with Gasteiger partial charge in [-0.15, -0.1) is 0 Å². The minimum Gasteiger partial charge on any atom is -0.339 e. The number of piperazine rings is 2. The topological polar surface area (TPSA) is 64.2 Å². The zero-order valence-electron chi connectivity index (χ0n) is 17.2. The molecule has 3 fully saturated rings. The number of anilines is 1. The summed E-state index contributed by atoms with van der Waals surface area (Å²) in [6.07, 6.45) is 3.94. The molecule has 0 radical (unpaired) electrons. The van der Waals surface area contributed by atoms with Gasteiger partial charge in [-0.05, 0) is 44.0 Å². The average Bonchev–Trinajstić information content (AvgIpc) is 2.67. The standard InChI is InChI=1S/C22H30N4O3/c1-17(27)18-5-7-20(8-6-18)26-14-9-23(16-22(26)29)15-21(28)25-12-10-24(11-13-25)19-3-2-4-19/h5-8,19H,2-4,9-16H2,1H3. The monoisotopic (exact) mass is 398 g/mol. The lowest BCUT2D eigenvalue weighted by Crippen LogP contribution is -2.57. The van der Waals surface area contributed by atoms with Crippen LogP contribution in [0, 0.1) is 0 Å². The van der Waals surface area contributed by atoms with Crippen LogP contribution < -0.4 is 4.90 Å². The fourth-order valence-corrected chi connectivity index (χ4v) is 4.39. The second-order valence-electron chi connectivity index (χ2n) is 8.36. The van der Waals surface area contributed by atoms with Crippen LogP contribution in [-0.4, -0.2) is 90.7 Å². The van der Waals surface area contributed by atoms with E-state index >= 15 is 0 Å². The smallest absolute Gasteiger partial charge is 0.241 e. The van der Waals surface area contributed by atoms with Gasteiger partial charge in [-0.3, -0.25) is 24.2 Å². The number of benzene rings is 1. The van der Waals surface area contributed by atoms with E-state index in [0.717, 1.165) is 37.9 Å². The van der Waals surface area contributed by atoms with Crippen molar-refractivity contribution in [3.63, 3.8) is 0 Å². The Morgan fingerprint density at radius 3 is 2.21 bits per heavy atom. The van der Waals surface area contributed by atoms with Gasteiger partial charge in [0.25, 0.3) is 0 Å². The summed E-state index contributed by atoms with van der Waals surface area (Å²) in [5, 5.41) is 0. The van der Waals surface area contributed by atoms with Crippen LogP contribution >= 0.6 is 0 Å². The van der Waals surface area contributed by atoms with Gasteiger partial charge in [0.1, 0.15) is 0 Å². The van der Waals surface area contributed by atoms with Crippen LogP contribution in [0.4, 0.5) is 5.69 Å². The first kappa shape index (κ1) is 20.0. The molecule has 7 heteroatoms. The van der Waals surface area contributed by atoms with Crippen LogP contribution in [0.1, 0.15) is 36.5 Å². The molecule has 0 unspecified atom stereocenters. The molecule has 0 spiro atoms. The molecule has 0 bridgehead atoms. The highest BCUT2D eigenvalue weighted by atomic mass is 16.2. The Bertz CT molecular complexity index is 767. The zero-order valence-corrected chi connectivity index (χ0v) is 17.2. The number of hydrogen-bond acceptors (Lipinski definition) is 5. The third-order valence-corrected chi connectivity index (χ3v) is 6.50. The normalized spacial score (nSPS) is 21.9. The largest absolute Gasteiger partial charge is 0.339 e. The number of rotatable bonds is 5. The Hall–Kier alpha value is -2.25. The molecule has 7 nitrogen and oxygen atoms in total. The maximum Gasteiger partial charge on any atom is 0.241 e. The van der Waals surface area contributed by atoms with Gasteiger partial charge in [0.05, 0.1) is 13.1 Å². The summed E-state index contributed by atoms with van der Waals surface area (Å²) < 4.78 is 0. The SMILES string of the molecule is CC(=O)c1ccc(N2CCN(CC(=O)N3CCN(C4CCC4)CC3)CC2=O)cc1. The molecule has 156 valence electrons. The first-order chi connectivity index (χ1) is 14.0. The maximum atomic E-state index is 12.7. The Kier molecular flexibility index (Phi) is 5.96. The molecule has 2 saturated heterocycles. The molecule has 0 aromatic heterocycles. The second kappa shape index (κ2) is 8.63. The summed E-state index contributed by atoms with van der Waals surface area (Å²) in [7, 11) is 0. The number of Topliss-reactive ketones (excluding diaryl/α,β-unsaturated/α-hetero) is 1. The van der Waals surface area contributed by atoms with Crippen LogP contribution in [0.2, 0.25) is 0 Å². The summed E-state index contributed by atoms with van der Waals surface area (Å²) in [6.45, 7) is 6.86. The molecule has 1 aromatic carbocycles. The van der Waals surface area contributed by atoms with E-state index in [1.54, 1.807) is 17.0 Å². The fraction of sp³-hybridized carbons (Fsp3) is 0.591. The number of nitrogens with zero attached hydrogens (tertiary/aromatic N) is 4. The molecule has 1 aromatic rings. The predicted molar refractivity (Wildman–Crippen MR) is 111 cm³/mol. The Morgan fingerprint density at radius 1 is 0.966 bits per heavy atom. The van der Waals surface area contributed by atoms with Crippen LogP contribution in [-0.2, 0) is 9.59 Å². The Labute approximate surface area is 172 Å². The lowest BCUT2D eigenvalue weighted by Gasteiger charge is -2.43. The fourth-order valence-electron chi connectivity index (χ4n) is 4.39. The quantitative estimate of drug-likeness (QED) is 0.698. The number of carbonyl (C=O) groups is 3. The molecular weight excluding hydrogens is 368 g/mol. The minimum absolute atomic E-state index is 0.00516. The number of hydrogen-bond donors (Lipinski definition) is 0. The summed E-state index contributed by atoms with van der Waals surface area (Å²) in [5.41, 5.74) is 1.45. The van der Waals surface area contributed by atoms with Crippen LogP contribution in [0.5, 0.6) is 0 Å². The Balaban J connectivity index is 1.26. The molecular formula is C22H30N4O3. The first-order valence-corrected chi connectivity index (χ1v) is 10.7. The van der Waals surface area contributed by atoms with Crippen molar-refractivity contribution in [2.24, 2.45) is 0 Å². The van der Waals surface area contributed by atoms with E-state index < -0.39 is 0 Å². The van der Waals surface area contributed by atoms with E-state index in [2.05, 4.69) is 4.90 Å². The highest BCUT2D eigenvalue weighted by Gasteiger charge is 2.31. The van der Waals surface area contributed by atoms with Crippen molar-refractivity contribution >= 4 is 23.3 Å². The van der Waals surface area contributed by atoms with Gasteiger partial charge < -0.3 is 9.80 Å². The number of ketones is 1. The third-order valence-electron chi connectivity index (χ3n) is 6.50. The summed E-state index contributed by atoms with van der Waals surface area (Å²) in [4.78, 5) is 44.9. The van der Waals surface area contributed by atoms with E-state index in [0.29, 0.717) is 25.2 Å². The molecule has 0 N–H and O–H groups in total. The van der Waals surface area contributed by atoms with Crippen molar-refractivity contribution in [1.29, 1.82) is 0 Å². The summed E-state index contributed by atoms with van der Waals surface area (Å²) >= 11 is 0. The van der Waals surface area contributed by atoms with Crippen LogP contribution in [0.15, 0.2) is 24.3 Å². The maximum absolute atomic E-state index is 12.7. The zero-order chi connectivity index (χ0) is 20.4. The Morgan fingerprint density at radius 2 is 1.66 bits per heavy atom. The number of carbonyl (C=O) groups excluding carboxylic acids is 3. The van der Waals surface area contributed by atoms with Gasteiger partial charge in [-0.2, -0.15) is 0 Å². The van der Waals surface area contributed by atoms with Crippen molar-refractivity contribution in [3.05, 3.63) is 29.8 Å². The molecule has 0 atom stereocenters. The van der Waals surface area contributed by atoms with E-state index in [-0.39, 0.29) is 24.1 Å². The highest BCUT2D eigenvalue weighted by molar-refractivity contribution is 5.97. The summed E-state index contributed by atoms with van der Waals surface area (Å²) in [5.74, 6) is 0.138. The molecule has 1 saturated carbocycles. The van der Waals surface area contributed by atoms with Gasteiger partial charge in [0, 0.05) is 56.6 Å².